The summed E-state index contributed by atoms with van der Waals surface area (Å²) in [6.07, 6.45) is 5.09. The number of non-ortho nitro benzene ring substituents is 1. The SMILES string of the molecule is Cc1ccccc1CN(C(=O)CN(c1ccc([N+](=O)[O-])cc1)S(=O)(=O)c1ccccc1)[C@@H](Cc1ccccc1)C(=O)NC1CCCCC1. The Hall–Kier alpha value is -5.03. The van der Waals surface area contributed by atoms with Crippen molar-refractivity contribution in [3.05, 3.63) is 136 Å². The lowest BCUT2D eigenvalue weighted by Gasteiger charge is -2.35. The molecule has 1 aliphatic rings. The highest BCUT2D eigenvalue weighted by atomic mass is 32.2. The number of nitrogens with one attached hydrogen (secondary N) is 1. The van der Waals surface area contributed by atoms with E-state index in [1.165, 1.54) is 41.3 Å². The Morgan fingerprint density at radius 1 is 0.854 bits per heavy atom. The van der Waals surface area contributed by atoms with E-state index in [9.17, 15) is 28.1 Å². The monoisotopic (exact) mass is 668 g/mol. The average Bonchev–Trinajstić information content (AvgIpc) is 3.10. The van der Waals surface area contributed by atoms with Gasteiger partial charge in [-0.2, -0.15) is 0 Å². The summed E-state index contributed by atoms with van der Waals surface area (Å²) in [5.74, 6) is -0.878. The standard InChI is InChI=1S/C37H40N4O6S/c1-28-13-11-12-16-30(28)26-39(35(25-29-14-5-2-6-15-29)37(43)38-31-17-7-3-8-18-31)36(42)27-40(32-21-23-33(24-22-32)41(44)45)48(46,47)34-19-9-4-10-20-34/h2,4-6,9-16,19-24,31,35H,3,7-8,17-18,25-27H2,1H3,(H,38,43)/t35-/m0/s1. The lowest BCUT2D eigenvalue weighted by atomic mass is 9.94. The molecule has 1 aliphatic carbocycles. The molecule has 1 atom stereocenters. The van der Waals surface area contributed by atoms with E-state index >= 15 is 0 Å². The van der Waals surface area contributed by atoms with Crippen molar-refractivity contribution in [3.63, 3.8) is 0 Å². The molecule has 10 nitrogen and oxygen atoms in total. The molecule has 0 aliphatic heterocycles. The summed E-state index contributed by atoms with van der Waals surface area (Å²) in [4.78, 5) is 41.1. The molecule has 0 spiro atoms. The van der Waals surface area contributed by atoms with Gasteiger partial charge in [-0.25, -0.2) is 8.42 Å². The molecule has 250 valence electrons. The Morgan fingerprint density at radius 3 is 2.08 bits per heavy atom. The second kappa shape index (κ2) is 15.7. The molecule has 11 heteroatoms. The lowest BCUT2D eigenvalue weighted by Crippen LogP contribution is -2.55. The van der Waals surface area contributed by atoms with Crippen LogP contribution in [0.25, 0.3) is 0 Å². The summed E-state index contributed by atoms with van der Waals surface area (Å²) in [7, 11) is -4.31. The number of benzene rings is 4. The maximum Gasteiger partial charge on any atom is 0.269 e. The second-order valence-electron chi connectivity index (χ2n) is 12.1. The average molecular weight is 669 g/mol. The Bertz CT molecular complexity index is 1810. The number of nitro groups is 1. The number of sulfonamides is 1. The number of nitro benzene ring substituents is 1. The highest BCUT2D eigenvalue weighted by Crippen LogP contribution is 2.27. The molecule has 5 rings (SSSR count). The summed E-state index contributed by atoms with van der Waals surface area (Å²) in [5.41, 5.74) is 2.46. The van der Waals surface area contributed by atoms with Gasteiger partial charge in [-0.15, -0.1) is 0 Å². The molecule has 0 heterocycles. The van der Waals surface area contributed by atoms with Gasteiger partial charge < -0.3 is 10.2 Å². The molecule has 1 saturated carbocycles. The first kappa shape index (κ1) is 34.3. The minimum absolute atomic E-state index is 0.00463. The van der Waals surface area contributed by atoms with Crippen LogP contribution in [-0.2, 0) is 32.6 Å². The van der Waals surface area contributed by atoms with Crippen LogP contribution in [0.4, 0.5) is 11.4 Å². The number of carbonyl (C=O) groups excluding carboxylic acids is 2. The third-order valence-electron chi connectivity index (χ3n) is 8.78. The summed E-state index contributed by atoms with van der Waals surface area (Å²) in [5, 5.41) is 14.6. The van der Waals surface area contributed by atoms with Crippen LogP contribution >= 0.6 is 0 Å². The number of anilines is 1. The molecule has 2 amide bonds. The van der Waals surface area contributed by atoms with Crippen LogP contribution in [0, 0.1) is 17.0 Å². The van der Waals surface area contributed by atoms with Gasteiger partial charge in [-0.3, -0.25) is 24.0 Å². The van der Waals surface area contributed by atoms with E-state index in [4.69, 9.17) is 0 Å². The predicted octanol–water partition coefficient (Wildman–Crippen LogP) is 6.19. The van der Waals surface area contributed by atoms with Crippen molar-refractivity contribution >= 4 is 33.2 Å². The van der Waals surface area contributed by atoms with E-state index in [0.717, 1.165) is 53.1 Å². The van der Waals surface area contributed by atoms with Crippen LogP contribution in [0.3, 0.4) is 0 Å². The predicted molar refractivity (Wildman–Crippen MR) is 185 cm³/mol. The second-order valence-corrected chi connectivity index (χ2v) is 14.0. The number of rotatable bonds is 13. The summed E-state index contributed by atoms with van der Waals surface area (Å²) in [6.45, 7) is 1.36. The van der Waals surface area contributed by atoms with Gasteiger partial charge in [0.25, 0.3) is 15.7 Å². The number of amides is 2. The van der Waals surface area contributed by atoms with Crippen LogP contribution in [0.1, 0.15) is 48.8 Å². The van der Waals surface area contributed by atoms with Crippen LogP contribution in [0.5, 0.6) is 0 Å². The minimum atomic E-state index is -4.31. The summed E-state index contributed by atoms with van der Waals surface area (Å²) < 4.78 is 29.2. The largest absolute Gasteiger partial charge is 0.352 e. The van der Waals surface area contributed by atoms with Gasteiger partial charge in [0, 0.05) is 31.1 Å². The minimum Gasteiger partial charge on any atom is -0.352 e. The Balaban J connectivity index is 1.57. The molecule has 0 radical (unpaired) electrons. The summed E-state index contributed by atoms with van der Waals surface area (Å²) >= 11 is 0. The van der Waals surface area contributed by atoms with E-state index in [1.807, 2.05) is 61.5 Å². The van der Waals surface area contributed by atoms with E-state index < -0.39 is 33.4 Å². The molecular formula is C37H40N4O6S. The van der Waals surface area contributed by atoms with Crippen molar-refractivity contribution in [2.24, 2.45) is 0 Å². The molecule has 4 aromatic carbocycles. The van der Waals surface area contributed by atoms with Crippen molar-refractivity contribution in [1.29, 1.82) is 0 Å². The van der Waals surface area contributed by atoms with Crippen LogP contribution in [0.2, 0.25) is 0 Å². The number of nitrogens with zero attached hydrogens (tertiary/aromatic N) is 3. The van der Waals surface area contributed by atoms with E-state index in [0.29, 0.717) is 0 Å². The lowest BCUT2D eigenvalue weighted by molar-refractivity contribution is -0.384. The first-order chi connectivity index (χ1) is 23.1. The van der Waals surface area contributed by atoms with Crippen LogP contribution in [0.15, 0.2) is 114 Å². The smallest absolute Gasteiger partial charge is 0.269 e. The van der Waals surface area contributed by atoms with E-state index in [1.54, 1.807) is 18.2 Å². The quantitative estimate of drug-likeness (QED) is 0.134. The van der Waals surface area contributed by atoms with Gasteiger partial charge in [0.1, 0.15) is 12.6 Å². The highest BCUT2D eigenvalue weighted by molar-refractivity contribution is 7.92. The van der Waals surface area contributed by atoms with Gasteiger partial charge in [0.05, 0.1) is 15.5 Å². The maximum atomic E-state index is 14.7. The fourth-order valence-corrected chi connectivity index (χ4v) is 7.49. The zero-order chi connectivity index (χ0) is 34.1. The topological polar surface area (TPSA) is 130 Å². The molecular weight excluding hydrogens is 628 g/mol. The van der Waals surface area contributed by atoms with Gasteiger partial charge in [-0.1, -0.05) is 92.1 Å². The number of hydrogen-bond donors (Lipinski definition) is 1. The van der Waals surface area contributed by atoms with Crippen molar-refractivity contribution in [2.45, 2.75) is 69.0 Å². The van der Waals surface area contributed by atoms with Crippen molar-refractivity contribution in [2.75, 3.05) is 10.8 Å². The molecule has 1 N–H and O–H groups in total. The Morgan fingerprint density at radius 2 is 1.46 bits per heavy atom. The van der Waals surface area contributed by atoms with E-state index in [-0.39, 0.29) is 41.2 Å². The third-order valence-corrected chi connectivity index (χ3v) is 10.6. The number of hydrogen-bond acceptors (Lipinski definition) is 6. The fourth-order valence-electron chi connectivity index (χ4n) is 6.06. The van der Waals surface area contributed by atoms with Crippen LogP contribution in [-0.4, -0.2) is 48.7 Å². The molecule has 0 aromatic heterocycles. The normalized spacial score (nSPS) is 14.1. The molecule has 0 bridgehead atoms. The number of carbonyl (C=O) groups is 2. The van der Waals surface area contributed by atoms with Gasteiger partial charge in [0.15, 0.2) is 0 Å². The molecule has 4 aromatic rings. The highest BCUT2D eigenvalue weighted by Gasteiger charge is 2.35. The number of aryl methyl sites for hydroxylation is 1. The molecule has 0 saturated heterocycles. The third kappa shape index (κ3) is 8.46. The van der Waals surface area contributed by atoms with Crippen LogP contribution < -0.4 is 9.62 Å². The Kier molecular flexibility index (Phi) is 11.2. The molecule has 0 unspecified atom stereocenters. The zero-order valence-corrected chi connectivity index (χ0v) is 27.7. The van der Waals surface area contributed by atoms with E-state index in [2.05, 4.69) is 5.32 Å². The van der Waals surface area contributed by atoms with Gasteiger partial charge in [0.2, 0.25) is 11.8 Å². The zero-order valence-electron chi connectivity index (χ0n) is 26.9. The maximum absolute atomic E-state index is 14.7. The molecule has 1 fully saturated rings. The van der Waals surface area contributed by atoms with Crippen molar-refractivity contribution < 1.29 is 22.9 Å². The Labute approximate surface area is 281 Å². The first-order valence-corrected chi connectivity index (χ1v) is 17.6. The van der Waals surface area contributed by atoms with Crippen molar-refractivity contribution in [3.8, 4) is 0 Å². The van der Waals surface area contributed by atoms with Gasteiger partial charge >= 0.3 is 0 Å². The fraction of sp³-hybridized carbons (Fsp3) is 0.297. The first-order valence-electron chi connectivity index (χ1n) is 16.1. The molecule has 48 heavy (non-hydrogen) atoms. The van der Waals surface area contributed by atoms with Gasteiger partial charge in [-0.05, 0) is 60.7 Å². The van der Waals surface area contributed by atoms with Crippen molar-refractivity contribution in [1.82, 2.24) is 10.2 Å². The summed E-state index contributed by atoms with van der Waals surface area (Å²) in [6, 6.07) is 28.8.